The highest BCUT2D eigenvalue weighted by atomic mass is 16.7. The van der Waals surface area contributed by atoms with E-state index in [1.165, 1.54) is 0 Å². The van der Waals surface area contributed by atoms with Gasteiger partial charge in [-0.3, -0.25) is 4.98 Å². The van der Waals surface area contributed by atoms with Gasteiger partial charge in [0, 0.05) is 24.1 Å². The SMILES string of the molecule is c1ccc(CNc2ccnc(Nc3ccc4c(c3)OCO4)n2)nc1. The molecule has 2 N–H and O–H groups in total. The molecule has 3 aromatic rings. The van der Waals surface area contributed by atoms with Gasteiger partial charge in [-0.2, -0.15) is 4.98 Å². The van der Waals surface area contributed by atoms with Crippen LogP contribution in [-0.2, 0) is 6.54 Å². The Kier molecular flexibility index (Phi) is 3.81. The normalized spacial score (nSPS) is 12.0. The molecule has 0 unspecified atom stereocenters. The summed E-state index contributed by atoms with van der Waals surface area (Å²) < 4.78 is 10.7. The van der Waals surface area contributed by atoms with Gasteiger partial charge in [-0.05, 0) is 30.3 Å². The highest BCUT2D eigenvalue weighted by molar-refractivity contribution is 5.60. The highest BCUT2D eigenvalue weighted by Gasteiger charge is 2.13. The van der Waals surface area contributed by atoms with Gasteiger partial charge < -0.3 is 20.1 Å². The lowest BCUT2D eigenvalue weighted by molar-refractivity contribution is 0.174. The van der Waals surface area contributed by atoms with Gasteiger partial charge in [-0.15, -0.1) is 0 Å². The van der Waals surface area contributed by atoms with Crippen LogP contribution in [0.15, 0.2) is 54.9 Å². The Morgan fingerprint density at radius 3 is 2.83 bits per heavy atom. The van der Waals surface area contributed by atoms with E-state index in [2.05, 4.69) is 25.6 Å². The summed E-state index contributed by atoms with van der Waals surface area (Å²) >= 11 is 0. The highest BCUT2D eigenvalue weighted by Crippen LogP contribution is 2.34. The van der Waals surface area contributed by atoms with Crippen molar-refractivity contribution in [1.82, 2.24) is 15.0 Å². The van der Waals surface area contributed by atoms with E-state index in [1.54, 1.807) is 12.4 Å². The van der Waals surface area contributed by atoms with E-state index in [-0.39, 0.29) is 6.79 Å². The van der Waals surface area contributed by atoms with Gasteiger partial charge in [0.05, 0.1) is 12.2 Å². The average Bonchev–Trinajstić information content (AvgIpc) is 3.09. The number of hydrogen-bond donors (Lipinski definition) is 2. The maximum atomic E-state index is 5.37. The molecule has 4 rings (SSSR count). The predicted molar refractivity (Wildman–Crippen MR) is 89.4 cm³/mol. The van der Waals surface area contributed by atoms with Crippen LogP contribution < -0.4 is 20.1 Å². The summed E-state index contributed by atoms with van der Waals surface area (Å²) in [4.78, 5) is 12.9. The molecule has 1 aliphatic rings. The van der Waals surface area contributed by atoms with Crippen LogP contribution in [0.4, 0.5) is 17.5 Å². The van der Waals surface area contributed by atoms with Crippen molar-refractivity contribution in [3.05, 3.63) is 60.6 Å². The first kappa shape index (κ1) is 14.3. The standard InChI is InChI=1S/C17H15N5O2/c1-2-7-18-13(3-1)10-20-16-6-8-19-17(22-16)21-12-4-5-14-15(9-12)24-11-23-14/h1-9H,10-11H2,(H2,19,20,21,22). The molecule has 120 valence electrons. The molecular formula is C17H15N5O2. The molecule has 1 aliphatic heterocycles. The number of fused-ring (bicyclic) bond motifs is 1. The van der Waals surface area contributed by atoms with Crippen LogP contribution >= 0.6 is 0 Å². The summed E-state index contributed by atoms with van der Waals surface area (Å²) in [5.41, 5.74) is 1.78. The molecule has 0 aliphatic carbocycles. The maximum absolute atomic E-state index is 5.37. The van der Waals surface area contributed by atoms with Crippen molar-refractivity contribution in [3.8, 4) is 11.5 Å². The Balaban J connectivity index is 1.44. The van der Waals surface area contributed by atoms with Crippen molar-refractivity contribution in [2.75, 3.05) is 17.4 Å². The summed E-state index contributed by atoms with van der Waals surface area (Å²) in [5, 5.41) is 6.39. The first-order valence-corrected chi connectivity index (χ1v) is 7.50. The number of ether oxygens (including phenoxy) is 2. The fourth-order valence-corrected chi connectivity index (χ4v) is 2.30. The minimum absolute atomic E-state index is 0.252. The van der Waals surface area contributed by atoms with E-state index in [9.17, 15) is 0 Å². The number of benzene rings is 1. The molecule has 0 amide bonds. The lowest BCUT2D eigenvalue weighted by Gasteiger charge is -2.08. The van der Waals surface area contributed by atoms with Crippen LogP contribution in [0, 0.1) is 0 Å². The van der Waals surface area contributed by atoms with E-state index in [0.717, 1.165) is 22.9 Å². The quantitative estimate of drug-likeness (QED) is 0.747. The Morgan fingerprint density at radius 2 is 1.92 bits per heavy atom. The number of nitrogens with zero attached hydrogens (tertiary/aromatic N) is 3. The number of rotatable bonds is 5. The van der Waals surface area contributed by atoms with Gasteiger partial charge in [0.15, 0.2) is 11.5 Å². The van der Waals surface area contributed by atoms with Gasteiger partial charge >= 0.3 is 0 Å². The third kappa shape index (κ3) is 3.19. The van der Waals surface area contributed by atoms with Crippen LogP contribution in [0.1, 0.15) is 5.69 Å². The molecule has 7 heteroatoms. The zero-order valence-electron chi connectivity index (χ0n) is 12.8. The summed E-state index contributed by atoms with van der Waals surface area (Å²) in [6.45, 7) is 0.851. The molecule has 0 atom stereocenters. The number of hydrogen-bond acceptors (Lipinski definition) is 7. The second-order valence-corrected chi connectivity index (χ2v) is 5.13. The van der Waals surface area contributed by atoms with Crippen LogP contribution in [0.25, 0.3) is 0 Å². The molecule has 0 fully saturated rings. The van der Waals surface area contributed by atoms with Gasteiger partial charge in [-0.1, -0.05) is 6.07 Å². The van der Waals surface area contributed by atoms with Crippen molar-refractivity contribution in [2.45, 2.75) is 6.54 Å². The van der Waals surface area contributed by atoms with Crippen LogP contribution in [0.2, 0.25) is 0 Å². The maximum Gasteiger partial charge on any atom is 0.231 e. The Morgan fingerprint density at radius 1 is 0.958 bits per heavy atom. The van der Waals surface area contributed by atoms with Crippen LogP contribution in [0.5, 0.6) is 11.5 Å². The Hall–Kier alpha value is -3.35. The second-order valence-electron chi connectivity index (χ2n) is 5.13. The number of nitrogens with one attached hydrogen (secondary N) is 2. The van der Waals surface area contributed by atoms with Crippen molar-refractivity contribution in [1.29, 1.82) is 0 Å². The van der Waals surface area contributed by atoms with Crippen molar-refractivity contribution in [2.24, 2.45) is 0 Å². The van der Waals surface area contributed by atoms with Crippen molar-refractivity contribution in [3.63, 3.8) is 0 Å². The molecular weight excluding hydrogens is 306 g/mol. The third-order valence-corrected chi connectivity index (χ3v) is 3.46. The molecule has 0 spiro atoms. The van der Waals surface area contributed by atoms with E-state index in [1.807, 2.05) is 42.5 Å². The molecule has 3 heterocycles. The molecule has 0 radical (unpaired) electrons. The largest absolute Gasteiger partial charge is 0.454 e. The van der Waals surface area contributed by atoms with E-state index in [0.29, 0.717) is 18.2 Å². The summed E-state index contributed by atoms with van der Waals surface area (Å²) in [6, 6.07) is 13.2. The average molecular weight is 321 g/mol. The zero-order chi connectivity index (χ0) is 16.2. The zero-order valence-corrected chi connectivity index (χ0v) is 12.8. The van der Waals surface area contributed by atoms with Gasteiger partial charge in [0.25, 0.3) is 0 Å². The minimum Gasteiger partial charge on any atom is -0.454 e. The van der Waals surface area contributed by atoms with Crippen LogP contribution in [-0.4, -0.2) is 21.7 Å². The third-order valence-electron chi connectivity index (χ3n) is 3.46. The van der Waals surface area contributed by atoms with Crippen molar-refractivity contribution >= 4 is 17.5 Å². The monoisotopic (exact) mass is 321 g/mol. The van der Waals surface area contributed by atoms with Crippen LogP contribution in [0.3, 0.4) is 0 Å². The van der Waals surface area contributed by atoms with Crippen molar-refractivity contribution < 1.29 is 9.47 Å². The summed E-state index contributed by atoms with van der Waals surface area (Å²) in [6.07, 6.45) is 3.46. The Bertz CT molecular complexity index is 841. The topological polar surface area (TPSA) is 81.2 Å². The van der Waals surface area contributed by atoms with E-state index in [4.69, 9.17) is 9.47 Å². The predicted octanol–water partition coefficient (Wildman–Crippen LogP) is 2.96. The molecule has 7 nitrogen and oxygen atoms in total. The summed E-state index contributed by atoms with van der Waals surface area (Å²) in [7, 11) is 0. The lowest BCUT2D eigenvalue weighted by Crippen LogP contribution is -2.05. The lowest BCUT2D eigenvalue weighted by atomic mass is 10.3. The van der Waals surface area contributed by atoms with E-state index >= 15 is 0 Å². The fourth-order valence-electron chi connectivity index (χ4n) is 2.30. The smallest absolute Gasteiger partial charge is 0.231 e. The molecule has 24 heavy (non-hydrogen) atoms. The van der Waals surface area contributed by atoms with Gasteiger partial charge in [-0.25, -0.2) is 4.98 Å². The first-order valence-electron chi connectivity index (χ1n) is 7.50. The second kappa shape index (κ2) is 6.41. The van der Waals surface area contributed by atoms with Gasteiger partial charge in [0.1, 0.15) is 5.82 Å². The number of aromatic nitrogens is 3. The molecule has 0 bridgehead atoms. The van der Waals surface area contributed by atoms with E-state index < -0.39 is 0 Å². The molecule has 2 aromatic heterocycles. The fraction of sp³-hybridized carbons (Fsp3) is 0.118. The molecule has 0 saturated heterocycles. The number of anilines is 3. The Labute approximate surface area is 138 Å². The number of pyridine rings is 1. The summed E-state index contributed by atoms with van der Waals surface area (Å²) in [5.74, 6) is 2.68. The molecule has 1 aromatic carbocycles. The minimum atomic E-state index is 0.252. The first-order chi connectivity index (χ1) is 11.9. The van der Waals surface area contributed by atoms with Gasteiger partial charge in [0.2, 0.25) is 12.7 Å². The molecule has 0 saturated carbocycles.